The molecule has 1 atom stereocenters. The van der Waals surface area contributed by atoms with Gasteiger partial charge in [0.2, 0.25) is 17.8 Å². The van der Waals surface area contributed by atoms with Crippen LogP contribution in [0.1, 0.15) is 42.6 Å². The fourth-order valence-electron chi connectivity index (χ4n) is 4.46. The molecule has 0 aromatic carbocycles. The number of β-amino-alcohol motifs (C(OH)–C–C–N with tert-alkyl or cyclic N) is 1. The number of nitrogens with zero attached hydrogens (tertiary/aromatic N) is 4. The number of likely N-dealkylation sites (tertiary alicyclic amines) is 2. The summed E-state index contributed by atoms with van der Waals surface area (Å²) in [6.07, 6.45) is 3.51. The highest BCUT2D eigenvalue weighted by Gasteiger charge is 2.42. The Morgan fingerprint density at radius 1 is 1.22 bits per heavy atom. The van der Waals surface area contributed by atoms with Crippen LogP contribution in [0, 0.1) is 19.3 Å². The number of aliphatic hydroxyl groups excluding tert-OH is 1. The van der Waals surface area contributed by atoms with Gasteiger partial charge in [-0.05, 0) is 33.1 Å². The molecule has 8 nitrogen and oxygen atoms in total. The second kappa shape index (κ2) is 7.80. The van der Waals surface area contributed by atoms with E-state index in [2.05, 4.69) is 9.97 Å². The number of anilines is 1. The highest BCUT2D eigenvalue weighted by atomic mass is 16.3. The molecule has 2 fully saturated rings. The van der Waals surface area contributed by atoms with Crippen LogP contribution in [0.15, 0.2) is 0 Å². The Balaban J connectivity index is 1.71. The molecule has 1 spiro atoms. The summed E-state index contributed by atoms with van der Waals surface area (Å²) in [4.78, 5) is 37.1. The van der Waals surface area contributed by atoms with E-state index in [-0.39, 0.29) is 36.2 Å². The third-order valence-electron chi connectivity index (χ3n) is 5.90. The van der Waals surface area contributed by atoms with Crippen LogP contribution in [-0.4, -0.2) is 69.5 Å². The minimum atomic E-state index is -0.0568. The molecule has 2 saturated heterocycles. The molecule has 2 aliphatic heterocycles. The van der Waals surface area contributed by atoms with Gasteiger partial charge < -0.3 is 20.6 Å². The normalized spacial score (nSPS) is 23.1. The number of piperidine rings is 2. The number of aryl methyl sites for hydroxylation is 2. The van der Waals surface area contributed by atoms with Crippen molar-refractivity contribution in [2.24, 2.45) is 5.41 Å². The average molecular weight is 375 g/mol. The summed E-state index contributed by atoms with van der Waals surface area (Å²) >= 11 is 0. The van der Waals surface area contributed by atoms with Crippen molar-refractivity contribution in [3.8, 4) is 0 Å². The van der Waals surface area contributed by atoms with Crippen molar-refractivity contribution in [3.63, 3.8) is 0 Å². The van der Waals surface area contributed by atoms with Gasteiger partial charge in [0, 0.05) is 55.0 Å². The lowest BCUT2D eigenvalue weighted by Gasteiger charge is -2.48. The molecule has 1 aromatic heterocycles. The first-order valence-electron chi connectivity index (χ1n) is 9.59. The maximum Gasteiger partial charge on any atom is 0.227 e. The summed E-state index contributed by atoms with van der Waals surface area (Å²) in [7, 11) is 0. The summed E-state index contributed by atoms with van der Waals surface area (Å²) in [5.74, 6) is 0.400. The van der Waals surface area contributed by atoms with Gasteiger partial charge in [-0.1, -0.05) is 0 Å². The lowest BCUT2D eigenvalue weighted by molar-refractivity contribution is -0.143. The van der Waals surface area contributed by atoms with E-state index in [0.717, 1.165) is 42.8 Å². The van der Waals surface area contributed by atoms with E-state index >= 15 is 0 Å². The number of nitrogen functional groups attached to an aromatic ring is 1. The van der Waals surface area contributed by atoms with E-state index in [1.165, 1.54) is 0 Å². The molecule has 2 aliphatic rings. The largest absolute Gasteiger partial charge is 0.395 e. The van der Waals surface area contributed by atoms with Crippen LogP contribution < -0.4 is 5.73 Å². The molecule has 2 amide bonds. The van der Waals surface area contributed by atoms with Crippen LogP contribution in [-0.2, 0) is 16.0 Å². The molecule has 3 heterocycles. The number of nitrogens with two attached hydrogens (primary N) is 1. The topological polar surface area (TPSA) is 113 Å². The zero-order chi connectivity index (χ0) is 19.6. The number of aromatic nitrogens is 2. The lowest BCUT2D eigenvalue weighted by Crippen LogP contribution is -2.55. The fourth-order valence-corrected chi connectivity index (χ4v) is 4.46. The molecule has 0 unspecified atom stereocenters. The van der Waals surface area contributed by atoms with E-state index in [1.807, 2.05) is 18.7 Å². The van der Waals surface area contributed by atoms with Crippen LogP contribution >= 0.6 is 0 Å². The monoisotopic (exact) mass is 375 g/mol. The van der Waals surface area contributed by atoms with Crippen LogP contribution in [0.2, 0.25) is 0 Å². The molecule has 3 rings (SSSR count). The Morgan fingerprint density at radius 2 is 1.93 bits per heavy atom. The number of amides is 2. The third-order valence-corrected chi connectivity index (χ3v) is 5.90. The molecular formula is C19H29N5O3. The van der Waals surface area contributed by atoms with Crippen molar-refractivity contribution in [1.82, 2.24) is 19.8 Å². The Bertz CT molecular complexity index is 715. The molecule has 0 saturated carbocycles. The standard InChI is InChI=1S/C19H29N5O3/c1-13-15(14(2)22-18(20)21-13)10-17(27)23-7-3-5-19(11-23)6-4-16(26)24(12-19)8-9-25/h25H,3-12H2,1-2H3,(H2,20,21,22)/t19-/m1/s1. The van der Waals surface area contributed by atoms with Crippen molar-refractivity contribution in [1.29, 1.82) is 0 Å². The second-order valence-electron chi connectivity index (χ2n) is 7.87. The number of hydrogen-bond acceptors (Lipinski definition) is 6. The maximum atomic E-state index is 13.0. The van der Waals surface area contributed by atoms with E-state index in [0.29, 0.717) is 26.1 Å². The highest BCUT2D eigenvalue weighted by Crippen LogP contribution is 2.39. The van der Waals surface area contributed by atoms with Crippen LogP contribution in [0.3, 0.4) is 0 Å². The molecule has 27 heavy (non-hydrogen) atoms. The first kappa shape index (κ1) is 19.5. The fraction of sp³-hybridized carbons (Fsp3) is 0.684. The number of carbonyl (C=O) groups excluding carboxylic acids is 2. The predicted octanol–water partition coefficient (Wildman–Crippen LogP) is 0.442. The van der Waals surface area contributed by atoms with Crippen molar-refractivity contribution in [2.45, 2.75) is 46.0 Å². The van der Waals surface area contributed by atoms with Gasteiger partial charge in [-0.25, -0.2) is 9.97 Å². The van der Waals surface area contributed by atoms with Gasteiger partial charge in [0.15, 0.2) is 0 Å². The molecule has 0 radical (unpaired) electrons. The van der Waals surface area contributed by atoms with Gasteiger partial charge in [0.05, 0.1) is 13.0 Å². The minimum Gasteiger partial charge on any atom is -0.395 e. The van der Waals surface area contributed by atoms with E-state index < -0.39 is 0 Å². The van der Waals surface area contributed by atoms with Gasteiger partial charge in [0.1, 0.15) is 0 Å². The van der Waals surface area contributed by atoms with E-state index in [9.17, 15) is 14.7 Å². The summed E-state index contributed by atoms with van der Waals surface area (Å²) in [5, 5.41) is 9.22. The van der Waals surface area contributed by atoms with Gasteiger partial charge in [-0.2, -0.15) is 0 Å². The zero-order valence-corrected chi connectivity index (χ0v) is 16.2. The molecule has 0 bridgehead atoms. The highest BCUT2D eigenvalue weighted by molar-refractivity contribution is 5.80. The van der Waals surface area contributed by atoms with Gasteiger partial charge in [0.25, 0.3) is 0 Å². The summed E-state index contributed by atoms with van der Waals surface area (Å²) < 4.78 is 0. The van der Waals surface area contributed by atoms with Crippen LogP contribution in [0.25, 0.3) is 0 Å². The first-order chi connectivity index (χ1) is 12.8. The zero-order valence-electron chi connectivity index (χ0n) is 16.2. The van der Waals surface area contributed by atoms with Crippen molar-refractivity contribution < 1.29 is 14.7 Å². The first-order valence-corrected chi connectivity index (χ1v) is 9.59. The molecule has 8 heteroatoms. The number of carbonyl (C=O) groups is 2. The van der Waals surface area contributed by atoms with Gasteiger partial charge in [-0.15, -0.1) is 0 Å². The summed E-state index contributed by atoms with van der Waals surface area (Å²) in [5.41, 5.74) is 7.96. The van der Waals surface area contributed by atoms with E-state index in [4.69, 9.17) is 5.73 Å². The van der Waals surface area contributed by atoms with Crippen molar-refractivity contribution >= 4 is 17.8 Å². The average Bonchev–Trinajstić information content (AvgIpc) is 2.61. The summed E-state index contributed by atoms with van der Waals surface area (Å²) in [6, 6.07) is 0. The van der Waals surface area contributed by atoms with Crippen molar-refractivity contribution in [3.05, 3.63) is 17.0 Å². The maximum absolute atomic E-state index is 13.0. The predicted molar refractivity (Wildman–Crippen MR) is 101 cm³/mol. The van der Waals surface area contributed by atoms with Crippen LogP contribution in [0.5, 0.6) is 0 Å². The van der Waals surface area contributed by atoms with Crippen LogP contribution in [0.4, 0.5) is 5.95 Å². The number of aliphatic hydroxyl groups is 1. The molecular weight excluding hydrogens is 346 g/mol. The van der Waals surface area contributed by atoms with E-state index in [1.54, 1.807) is 4.90 Å². The number of hydrogen-bond donors (Lipinski definition) is 2. The molecule has 1 aromatic rings. The van der Waals surface area contributed by atoms with Crippen molar-refractivity contribution in [2.75, 3.05) is 38.5 Å². The Morgan fingerprint density at radius 3 is 2.59 bits per heavy atom. The second-order valence-corrected chi connectivity index (χ2v) is 7.87. The SMILES string of the molecule is Cc1nc(N)nc(C)c1CC(=O)N1CCC[C@@]2(CCC(=O)N(CCO)C2)C1. The summed E-state index contributed by atoms with van der Waals surface area (Å²) in [6.45, 7) is 6.07. The minimum absolute atomic E-state index is 0.0276. The smallest absolute Gasteiger partial charge is 0.227 e. The molecule has 3 N–H and O–H groups in total. The third kappa shape index (κ3) is 4.21. The Labute approximate surface area is 159 Å². The molecule has 0 aliphatic carbocycles. The Kier molecular flexibility index (Phi) is 5.64. The van der Waals surface area contributed by atoms with Gasteiger partial charge in [-0.3, -0.25) is 9.59 Å². The number of rotatable bonds is 4. The molecule has 148 valence electrons. The quantitative estimate of drug-likeness (QED) is 0.790. The van der Waals surface area contributed by atoms with Gasteiger partial charge >= 0.3 is 0 Å². The Hall–Kier alpha value is -2.22. The lowest BCUT2D eigenvalue weighted by atomic mass is 9.73.